The van der Waals surface area contributed by atoms with E-state index in [1.807, 2.05) is 0 Å². The topological polar surface area (TPSA) is 106 Å². The van der Waals surface area contributed by atoms with Crippen LogP contribution < -0.4 is 4.74 Å². The number of alkyl halides is 1. The van der Waals surface area contributed by atoms with Gasteiger partial charge in [-0.3, -0.25) is 10.1 Å². The number of nitro groups is 1. The second kappa shape index (κ2) is 6.62. The van der Waals surface area contributed by atoms with E-state index in [4.69, 9.17) is 4.74 Å². The fourth-order valence-corrected chi connectivity index (χ4v) is 1.89. The van der Waals surface area contributed by atoms with E-state index in [2.05, 4.69) is 20.9 Å². The first-order chi connectivity index (χ1) is 8.51. The highest BCUT2D eigenvalue weighted by Gasteiger charge is 2.24. The molecule has 0 bridgehead atoms. The Morgan fingerprint density at radius 3 is 2.78 bits per heavy atom. The lowest BCUT2D eigenvalue weighted by Crippen LogP contribution is -2.19. The number of aliphatic hydroxyl groups is 2. The molecule has 18 heavy (non-hydrogen) atoms. The summed E-state index contributed by atoms with van der Waals surface area (Å²) >= 11 is 3.14. The molecule has 8 heteroatoms. The quantitative estimate of drug-likeness (QED) is 0.463. The molecule has 0 radical (unpaired) electrons. The van der Waals surface area contributed by atoms with E-state index in [0.717, 1.165) is 12.3 Å². The van der Waals surface area contributed by atoms with Crippen molar-refractivity contribution in [2.75, 3.05) is 12.4 Å². The molecule has 0 saturated carbocycles. The molecule has 1 aromatic heterocycles. The number of hydrogen-bond donors (Lipinski definition) is 2. The molecule has 0 aliphatic carbocycles. The number of methoxy groups -OCH3 is 1. The molecule has 0 amide bonds. The van der Waals surface area contributed by atoms with Gasteiger partial charge in [-0.1, -0.05) is 15.9 Å². The highest BCUT2D eigenvalue weighted by Crippen LogP contribution is 2.29. The third-order valence-corrected chi connectivity index (χ3v) is 2.81. The molecule has 1 rings (SSSR count). The van der Waals surface area contributed by atoms with Crippen LogP contribution in [-0.4, -0.2) is 38.7 Å². The Labute approximate surface area is 112 Å². The van der Waals surface area contributed by atoms with E-state index >= 15 is 0 Å². The predicted molar refractivity (Wildman–Crippen MR) is 66.8 cm³/mol. The molecule has 7 nitrogen and oxygen atoms in total. The molecule has 0 fully saturated rings. The minimum Gasteiger partial charge on any atom is -0.481 e. The average Bonchev–Trinajstić information content (AvgIpc) is 2.37. The molecule has 0 saturated heterocycles. The Bertz CT molecular complexity index is 429. The molecule has 0 aliphatic heterocycles. The zero-order valence-corrected chi connectivity index (χ0v) is 11.2. The van der Waals surface area contributed by atoms with Crippen LogP contribution in [0.25, 0.3) is 0 Å². The third kappa shape index (κ3) is 3.37. The molecule has 1 heterocycles. The molecular weight excluding hydrogens is 308 g/mol. The maximum Gasteiger partial charge on any atom is 0.288 e. The Hall–Kier alpha value is -1.25. The lowest BCUT2D eigenvalue weighted by Gasteiger charge is -2.18. The van der Waals surface area contributed by atoms with Crippen LogP contribution in [0.2, 0.25) is 0 Å². The summed E-state index contributed by atoms with van der Waals surface area (Å²) in [5, 5.41) is 30.8. The lowest BCUT2D eigenvalue weighted by atomic mass is 10.0. The van der Waals surface area contributed by atoms with Crippen LogP contribution in [0.3, 0.4) is 0 Å². The summed E-state index contributed by atoms with van der Waals surface area (Å²) in [6, 6.07) is 1.15. The van der Waals surface area contributed by atoms with Gasteiger partial charge >= 0.3 is 0 Å². The highest BCUT2D eigenvalue weighted by atomic mass is 79.9. The fourth-order valence-electron chi connectivity index (χ4n) is 1.42. The van der Waals surface area contributed by atoms with Crippen molar-refractivity contribution >= 4 is 21.6 Å². The third-order valence-electron chi connectivity index (χ3n) is 2.36. The van der Waals surface area contributed by atoms with Crippen LogP contribution in [0.4, 0.5) is 5.69 Å². The van der Waals surface area contributed by atoms with Crippen molar-refractivity contribution in [2.45, 2.75) is 18.6 Å². The lowest BCUT2D eigenvalue weighted by molar-refractivity contribution is -0.385. The number of hydrogen-bond acceptors (Lipinski definition) is 6. The number of halogens is 1. The van der Waals surface area contributed by atoms with Gasteiger partial charge in [0.25, 0.3) is 5.69 Å². The first-order valence-electron chi connectivity index (χ1n) is 5.11. The zero-order chi connectivity index (χ0) is 13.7. The SMILES string of the molecule is COc1ncc([N+](=O)[O-])cc1C(O)C(O)CCBr. The second-order valence-corrected chi connectivity index (χ2v) is 4.33. The number of pyridine rings is 1. The molecule has 2 N–H and O–H groups in total. The van der Waals surface area contributed by atoms with Gasteiger partial charge in [0, 0.05) is 11.4 Å². The maximum atomic E-state index is 10.6. The molecule has 0 aliphatic rings. The normalized spacial score (nSPS) is 14.0. The van der Waals surface area contributed by atoms with E-state index in [0.29, 0.717) is 11.8 Å². The zero-order valence-electron chi connectivity index (χ0n) is 9.62. The summed E-state index contributed by atoms with van der Waals surface area (Å²) in [6.07, 6.45) is -1.01. The highest BCUT2D eigenvalue weighted by molar-refractivity contribution is 9.09. The summed E-state index contributed by atoms with van der Waals surface area (Å²) in [5.41, 5.74) is -0.170. The van der Waals surface area contributed by atoms with Gasteiger partial charge in [0.15, 0.2) is 0 Å². The monoisotopic (exact) mass is 320 g/mol. The van der Waals surface area contributed by atoms with Gasteiger partial charge < -0.3 is 14.9 Å². The summed E-state index contributed by atoms with van der Waals surface area (Å²) in [6.45, 7) is 0. The van der Waals surface area contributed by atoms with Crippen LogP contribution in [0.15, 0.2) is 12.3 Å². The van der Waals surface area contributed by atoms with Crippen LogP contribution in [-0.2, 0) is 0 Å². The summed E-state index contributed by atoms with van der Waals surface area (Å²) in [5.74, 6) is 0.0572. The predicted octanol–water partition coefficient (Wildman–Crippen LogP) is 1.18. The molecule has 1 aromatic rings. The Balaban J connectivity index is 3.10. The Morgan fingerprint density at radius 2 is 2.28 bits per heavy atom. The van der Waals surface area contributed by atoms with Crippen LogP contribution in [0.5, 0.6) is 5.88 Å². The number of rotatable bonds is 6. The minimum atomic E-state index is -1.29. The van der Waals surface area contributed by atoms with Gasteiger partial charge in [-0.05, 0) is 6.42 Å². The van der Waals surface area contributed by atoms with Crippen LogP contribution in [0.1, 0.15) is 18.1 Å². The van der Waals surface area contributed by atoms with E-state index < -0.39 is 17.1 Å². The van der Waals surface area contributed by atoms with Crippen LogP contribution >= 0.6 is 15.9 Å². The number of ether oxygens (including phenoxy) is 1. The fraction of sp³-hybridized carbons (Fsp3) is 0.500. The van der Waals surface area contributed by atoms with Crippen molar-refractivity contribution in [3.8, 4) is 5.88 Å². The van der Waals surface area contributed by atoms with Gasteiger partial charge in [0.05, 0.1) is 23.7 Å². The smallest absolute Gasteiger partial charge is 0.288 e. The van der Waals surface area contributed by atoms with Crippen molar-refractivity contribution in [1.82, 2.24) is 4.98 Å². The van der Waals surface area contributed by atoms with E-state index in [1.54, 1.807) is 0 Å². The van der Waals surface area contributed by atoms with Gasteiger partial charge in [-0.15, -0.1) is 0 Å². The van der Waals surface area contributed by atoms with Crippen LogP contribution in [0, 0.1) is 10.1 Å². The van der Waals surface area contributed by atoms with Crippen molar-refractivity contribution in [2.24, 2.45) is 0 Å². The van der Waals surface area contributed by atoms with Gasteiger partial charge in [-0.2, -0.15) is 0 Å². The largest absolute Gasteiger partial charge is 0.481 e. The van der Waals surface area contributed by atoms with Gasteiger partial charge in [0.2, 0.25) is 5.88 Å². The molecule has 2 atom stereocenters. The molecule has 0 aromatic carbocycles. The van der Waals surface area contributed by atoms with Crippen molar-refractivity contribution in [1.29, 1.82) is 0 Å². The van der Waals surface area contributed by atoms with Gasteiger partial charge in [0.1, 0.15) is 12.3 Å². The van der Waals surface area contributed by atoms with Crippen molar-refractivity contribution in [3.05, 3.63) is 27.9 Å². The van der Waals surface area contributed by atoms with E-state index in [1.165, 1.54) is 7.11 Å². The number of aliphatic hydroxyl groups excluding tert-OH is 2. The first kappa shape index (κ1) is 14.8. The summed E-state index contributed by atoms with van der Waals surface area (Å²) in [7, 11) is 1.33. The second-order valence-electron chi connectivity index (χ2n) is 3.54. The molecule has 100 valence electrons. The van der Waals surface area contributed by atoms with E-state index in [9.17, 15) is 20.3 Å². The van der Waals surface area contributed by atoms with Crippen molar-refractivity contribution in [3.63, 3.8) is 0 Å². The Kier molecular flexibility index (Phi) is 5.45. The average molecular weight is 321 g/mol. The Morgan fingerprint density at radius 1 is 1.61 bits per heavy atom. The maximum absolute atomic E-state index is 10.6. The van der Waals surface area contributed by atoms with Crippen molar-refractivity contribution < 1.29 is 19.9 Å². The summed E-state index contributed by atoms with van der Waals surface area (Å²) < 4.78 is 4.91. The standard InChI is InChI=1S/C10H13BrN2O5/c1-18-10-7(9(15)8(14)2-3-11)4-6(5-12-10)13(16)17/h4-5,8-9,14-15H,2-3H2,1H3. The number of aromatic nitrogens is 1. The molecule has 2 unspecified atom stereocenters. The summed E-state index contributed by atoms with van der Waals surface area (Å²) in [4.78, 5) is 13.8. The number of nitrogens with zero attached hydrogens (tertiary/aromatic N) is 2. The molecule has 0 spiro atoms. The molecular formula is C10H13BrN2O5. The van der Waals surface area contributed by atoms with E-state index in [-0.39, 0.29) is 17.1 Å². The minimum absolute atomic E-state index is 0.0572. The first-order valence-corrected chi connectivity index (χ1v) is 6.23. The van der Waals surface area contributed by atoms with Gasteiger partial charge in [-0.25, -0.2) is 4.98 Å².